The van der Waals surface area contributed by atoms with Crippen molar-refractivity contribution in [2.75, 3.05) is 0 Å². The second-order valence-electron chi connectivity index (χ2n) is 1.82. The molecule has 2 atom stereocenters. The van der Waals surface area contributed by atoms with Crippen LogP contribution in [0.3, 0.4) is 0 Å². The van der Waals surface area contributed by atoms with E-state index in [4.69, 9.17) is 9.79 Å². The van der Waals surface area contributed by atoms with Crippen LogP contribution in [0.5, 0.6) is 0 Å². The average Bonchev–Trinajstić information content (AvgIpc) is 2.13. The van der Waals surface area contributed by atoms with Crippen molar-refractivity contribution in [1.29, 1.82) is 0 Å². The fourth-order valence-electron chi connectivity index (χ4n) is 0.527. The first-order valence-electron chi connectivity index (χ1n) is 2.22. The third-order valence-electron chi connectivity index (χ3n) is 1.01. The van der Waals surface area contributed by atoms with Gasteiger partial charge < -0.3 is 14.5 Å². The Morgan fingerprint density at radius 3 is 1.89 bits per heavy atom. The van der Waals surface area contributed by atoms with Crippen LogP contribution in [-0.2, 0) is 9.30 Å². The molecule has 0 spiro atoms. The first-order chi connectivity index (χ1) is 3.52. The van der Waals surface area contributed by atoms with Crippen molar-refractivity contribution in [2.45, 2.75) is 18.9 Å². The van der Waals surface area contributed by atoms with Gasteiger partial charge in [0, 0.05) is 0 Å². The molecule has 2 N–H and O–H groups in total. The maximum atomic E-state index is 10.2. The van der Waals surface area contributed by atoms with E-state index >= 15 is 0 Å². The van der Waals surface area contributed by atoms with Gasteiger partial charge in [-0.2, -0.15) is 0 Å². The zero-order chi connectivity index (χ0) is 6.36. The summed E-state index contributed by atoms with van der Waals surface area (Å²) in [5, 5.41) is 0. The zero-order valence-corrected chi connectivity index (χ0v) is 8.21. The third-order valence-corrected chi connectivity index (χ3v) is 2.22. The van der Waals surface area contributed by atoms with Crippen molar-refractivity contribution < 1.29 is 48.6 Å². The van der Waals surface area contributed by atoms with Crippen LogP contribution in [0.2, 0.25) is 0 Å². The molecule has 0 radical (unpaired) electrons. The summed E-state index contributed by atoms with van der Waals surface area (Å²) in [6.07, 6.45) is -0.254. The van der Waals surface area contributed by atoms with Crippen molar-refractivity contribution in [3.63, 3.8) is 0 Å². The van der Waals surface area contributed by atoms with Crippen LogP contribution in [0.15, 0.2) is 0 Å². The van der Waals surface area contributed by atoms with Crippen LogP contribution < -0.4 is 29.6 Å². The van der Waals surface area contributed by atoms with Gasteiger partial charge in [0.2, 0.25) is 0 Å². The van der Waals surface area contributed by atoms with Crippen LogP contribution in [-0.4, -0.2) is 21.7 Å². The van der Waals surface area contributed by atoms with Crippen molar-refractivity contribution in [3.05, 3.63) is 0 Å². The minimum absolute atomic E-state index is 0. The topological polar surface area (TPSA) is 70.1 Å². The first kappa shape index (κ1) is 10.1. The molecule has 1 aliphatic rings. The van der Waals surface area contributed by atoms with Crippen LogP contribution in [0.1, 0.15) is 6.92 Å². The molecule has 0 aromatic heterocycles. The fourth-order valence-corrected chi connectivity index (χ4v) is 1.42. The number of hydrogen-bond donors (Lipinski definition) is 2. The van der Waals surface area contributed by atoms with Gasteiger partial charge in [-0.3, -0.25) is 4.57 Å². The number of ether oxygens (including phenoxy) is 1. The maximum absolute atomic E-state index is 10.2. The molecule has 0 aromatic carbocycles. The van der Waals surface area contributed by atoms with Crippen LogP contribution >= 0.6 is 7.60 Å². The smallest absolute Gasteiger partial charge is 0.356 e. The van der Waals surface area contributed by atoms with E-state index in [1.54, 1.807) is 6.92 Å². The summed E-state index contributed by atoms with van der Waals surface area (Å²) < 4.78 is 14.7. The quantitative estimate of drug-likeness (QED) is 0.243. The van der Waals surface area contributed by atoms with E-state index in [-0.39, 0.29) is 35.7 Å². The Balaban J connectivity index is 0.000000640. The van der Waals surface area contributed by atoms with E-state index in [9.17, 15) is 4.57 Å². The van der Waals surface area contributed by atoms with Gasteiger partial charge in [0.15, 0.2) is 5.85 Å². The molecule has 1 rings (SSSR count). The summed E-state index contributed by atoms with van der Waals surface area (Å²) in [5.74, 6) is -0.817. The summed E-state index contributed by atoms with van der Waals surface area (Å²) in [6, 6.07) is 0. The third kappa shape index (κ3) is 2.68. The van der Waals surface area contributed by atoms with Crippen LogP contribution in [0, 0.1) is 0 Å². The molecule has 0 saturated carbocycles. The van der Waals surface area contributed by atoms with Crippen LogP contribution in [0.25, 0.3) is 0 Å². The molecule has 4 nitrogen and oxygen atoms in total. The molecule has 0 aromatic rings. The summed E-state index contributed by atoms with van der Waals surface area (Å²) in [4.78, 5) is 16.6. The van der Waals surface area contributed by atoms with Gasteiger partial charge >= 0.3 is 37.2 Å². The van der Waals surface area contributed by atoms with Gasteiger partial charge in [-0.15, -0.1) is 0 Å². The summed E-state index contributed by atoms with van der Waals surface area (Å²) in [7, 11) is -3.90. The van der Waals surface area contributed by atoms with Gasteiger partial charge in [-0.05, 0) is 6.92 Å². The summed E-state index contributed by atoms with van der Waals surface area (Å²) in [6.45, 7) is 1.63. The summed E-state index contributed by atoms with van der Waals surface area (Å²) >= 11 is 0. The maximum Gasteiger partial charge on any atom is 1.00 e. The van der Waals surface area contributed by atoms with E-state index < -0.39 is 13.4 Å². The van der Waals surface area contributed by atoms with Gasteiger partial charge in [-0.25, -0.2) is 0 Å². The standard InChI is InChI=1S/C3H7O4P.Na/c1-2-3(7-2)8(4,5)6;/h2-3H,1H3,(H2,4,5,6);/q;+1/t2-,3+;/m0./s1. The van der Waals surface area contributed by atoms with Gasteiger partial charge in [0.1, 0.15) is 0 Å². The first-order valence-corrected chi connectivity index (χ1v) is 3.90. The predicted molar refractivity (Wildman–Crippen MR) is 26.4 cm³/mol. The molecule has 0 unspecified atom stereocenters. The molecule has 1 heterocycles. The van der Waals surface area contributed by atoms with E-state index in [0.29, 0.717) is 0 Å². The average molecular weight is 161 g/mol. The molecular weight excluding hydrogens is 154 g/mol. The second-order valence-corrected chi connectivity index (χ2v) is 3.51. The van der Waals surface area contributed by atoms with Crippen molar-refractivity contribution in [2.24, 2.45) is 0 Å². The van der Waals surface area contributed by atoms with E-state index in [0.717, 1.165) is 0 Å². The number of rotatable bonds is 1. The Morgan fingerprint density at radius 1 is 1.56 bits per heavy atom. The summed E-state index contributed by atoms with van der Waals surface area (Å²) in [5.41, 5.74) is 0. The Hall–Kier alpha value is 1.11. The van der Waals surface area contributed by atoms with Gasteiger partial charge in [0.05, 0.1) is 6.10 Å². The van der Waals surface area contributed by atoms with Gasteiger partial charge in [0.25, 0.3) is 0 Å². The molecule has 6 heteroatoms. The predicted octanol–water partition coefficient (Wildman–Crippen LogP) is -3.09. The van der Waals surface area contributed by atoms with Crippen LogP contribution in [0.4, 0.5) is 0 Å². The fraction of sp³-hybridized carbons (Fsp3) is 1.00. The SMILES string of the molecule is C[C@@H]1O[C@@H]1P(=O)(O)O.[Na+]. The Labute approximate surface area is 75.0 Å². The van der Waals surface area contributed by atoms with E-state index in [1.807, 2.05) is 0 Å². The molecule has 1 aliphatic heterocycles. The monoisotopic (exact) mass is 161 g/mol. The molecule has 0 aliphatic carbocycles. The van der Waals surface area contributed by atoms with E-state index in [1.165, 1.54) is 0 Å². The zero-order valence-electron chi connectivity index (χ0n) is 5.31. The van der Waals surface area contributed by atoms with Gasteiger partial charge in [-0.1, -0.05) is 0 Å². The molecular formula is C3H7NaO4P+. The second kappa shape index (κ2) is 3.01. The molecule has 1 saturated heterocycles. The van der Waals surface area contributed by atoms with Crippen molar-refractivity contribution in [3.8, 4) is 0 Å². The Morgan fingerprint density at radius 2 is 1.89 bits per heavy atom. The molecule has 0 amide bonds. The molecule has 0 bridgehead atoms. The Kier molecular flexibility index (Phi) is 3.38. The molecule has 9 heavy (non-hydrogen) atoms. The normalized spacial score (nSPS) is 33.2. The van der Waals surface area contributed by atoms with Crippen molar-refractivity contribution in [1.82, 2.24) is 0 Å². The Bertz CT molecular complexity index is 143. The minimum Gasteiger partial charge on any atom is -0.356 e. The molecule has 48 valence electrons. The number of hydrogen-bond acceptors (Lipinski definition) is 2. The largest absolute Gasteiger partial charge is 1.00 e. The van der Waals surface area contributed by atoms with E-state index in [2.05, 4.69) is 4.74 Å². The minimum atomic E-state index is -3.90. The molecule has 1 fully saturated rings. The number of epoxide rings is 1. The van der Waals surface area contributed by atoms with Crippen molar-refractivity contribution >= 4 is 7.60 Å².